The van der Waals surface area contributed by atoms with Gasteiger partial charge in [0.25, 0.3) is 5.92 Å². The number of alkyl halides is 5. The van der Waals surface area contributed by atoms with Gasteiger partial charge in [-0.25, -0.2) is 13.6 Å². The zero-order valence-electron chi connectivity index (χ0n) is 17.9. The largest absolute Gasteiger partial charge is 0.416 e. The van der Waals surface area contributed by atoms with Crippen LogP contribution in [0.1, 0.15) is 62.6 Å². The van der Waals surface area contributed by atoms with Crippen LogP contribution in [0.15, 0.2) is 18.2 Å². The van der Waals surface area contributed by atoms with Gasteiger partial charge in [-0.3, -0.25) is 0 Å². The highest BCUT2D eigenvalue weighted by atomic mass is 19.4. The molecule has 0 aliphatic carbocycles. The van der Waals surface area contributed by atoms with Crippen molar-refractivity contribution in [2.45, 2.75) is 76.7 Å². The van der Waals surface area contributed by atoms with E-state index < -0.39 is 23.2 Å². The molecule has 2 saturated heterocycles. The molecule has 2 amide bonds. The molecule has 4 nitrogen and oxygen atoms in total. The Kier molecular flexibility index (Phi) is 7.13. The fourth-order valence-corrected chi connectivity index (χ4v) is 4.43. The Hall–Kier alpha value is -1.90. The fraction of sp³-hybridized carbons (Fsp3) is 0.682. The van der Waals surface area contributed by atoms with Crippen LogP contribution < -0.4 is 5.32 Å². The molecule has 0 aromatic heterocycles. The van der Waals surface area contributed by atoms with Gasteiger partial charge in [-0.2, -0.15) is 13.2 Å². The Morgan fingerprint density at radius 3 is 2.29 bits per heavy atom. The van der Waals surface area contributed by atoms with Crippen molar-refractivity contribution >= 4 is 6.03 Å². The van der Waals surface area contributed by atoms with Crippen molar-refractivity contribution in [3.05, 3.63) is 34.9 Å². The molecule has 2 fully saturated rings. The average Bonchev–Trinajstić information content (AvgIpc) is 3.14. The summed E-state index contributed by atoms with van der Waals surface area (Å²) in [5.74, 6) is -3.37. The van der Waals surface area contributed by atoms with Gasteiger partial charge in [-0.1, -0.05) is 6.92 Å². The number of piperidine rings is 1. The van der Waals surface area contributed by atoms with E-state index in [9.17, 15) is 26.7 Å². The van der Waals surface area contributed by atoms with E-state index in [1.807, 2.05) is 16.7 Å². The first-order chi connectivity index (χ1) is 14.5. The molecule has 0 unspecified atom stereocenters. The highest BCUT2D eigenvalue weighted by Gasteiger charge is 2.37. The topological polar surface area (TPSA) is 35.6 Å². The van der Waals surface area contributed by atoms with Crippen LogP contribution in [0.5, 0.6) is 0 Å². The summed E-state index contributed by atoms with van der Waals surface area (Å²) in [5.41, 5.74) is -1.58. The number of rotatable bonds is 5. The summed E-state index contributed by atoms with van der Waals surface area (Å²) in [6.07, 6.45) is -0.107. The SMILES string of the molecule is CC[C@@H]1C[C@H](NCc2cc(C(C)(F)F)cc(C(F)(F)F)c2)CN1C(=O)N1CCCCC1. The number of benzene rings is 1. The zero-order valence-corrected chi connectivity index (χ0v) is 17.9. The van der Waals surface area contributed by atoms with Crippen molar-refractivity contribution in [2.24, 2.45) is 0 Å². The lowest BCUT2D eigenvalue weighted by atomic mass is 10.0. The molecule has 174 valence electrons. The van der Waals surface area contributed by atoms with Crippen LogP contribution in [-0.2, 0) is 18.6 Å². The van der Waals surface area contributed by atoms with Crippen molar-refractivity contribution in [1.29, 1.82) is 0 Å². The number of nitrogens with zero attached hydrogens (tertiary/aromatic N) is 2. The lowest BCUT2D eigenvalue weighted by molar-refractivity contribution is -0.137. The van der Waals surface area contributed by atoms with Crippen LogP contribution in [0.3, 0.4) is 0 Å². The van der Waals surface area contributed by atoms with Crippen LogP contribution in [0.25, 0.3) is 0 Å². The van der Waals surface area contributed by atoms with Gasteiger partial charge >= 0.3 is 12.2 Å². The minimum absolute atomic E-state index is 0.0165. The van der Waals surface area contributed by atoms with Gasteiger partial charge in [0.1, 0.15) is 0 Å². The summed E-state index contributed by atoms with van der Waals surface area (Å²) in [7, 11) is 0. The standard InChI is InChI=1S/C22H30F5N3O/c1-3-19-12-18(14-30(19)20(31)29-7-5-4-6-8-29)28-13-15-9-16(21(2,23)24)11-17(10-15)22(25,26)27/h9-11,18-19,28H,3-8,12-14H2,1-2H3/t18-,19+/m0/s1. The number of halogens is 5. The van der Waals surface area contributed by atoms with Crippen LogP contribution >= 0.6 is 0 Å². The lowest BCUT2D eigenvalue weighted by Crippen LogP contribution is -2.47. The average molecular weight is 447 g/mol. The number of hydrogen-bond donors (Lipinski definition) is 1. The van der Waals surface area contributed by atoms with E-state index >= 15 is 0 Å². The predicted molar refractivity (Wildman–Crippen MR) is 108 cm³/mol. The molecule has 9 heteroatoms. The Labute approximate surface area is 179 Å². The Morgan fingerprint density at radius 2 is 1.71 bits per heavy atom. The third kappa shape index (κ3) is 5.87. The van der Waals surface area contributed by atoms with Crippen LogP contribution in [0, 0.1) is 0 Å². The molecule has 2 atom stereocenters. The quantitative estimate of drug-likeness (QED) is 0.617. The van der Waals surface area contributed by atoms with Gasteiger partial charge in [-0.05, 0) is 55.9 Å². The number of carbonyl (C=O) groups excluding carboxylic acids is 1. The third-order valence-corrected chi connectivity index (χ3v) is 6.18. The summed E-state index contributed by atoms with van der Waals surface area (Å²) in [4.78, 5) is 16.6. The van der Waals surface area contributed by atoms with Crippen molar-refractivity contribution in [1.82, 2.24) is 15.1 Å². The highest BCUT2D eigenvalue weighted by molar-refractivity contribution is 5.75. The maximum atomic E-state index is 13.7. The van der Waals surface area contributed by atoms with E-state index in [2.05, 4.69) is 5.32 Å². The number of carbonyl (C=O) groups is 1. The van der Waals surface area contributed by atoms with Crippen LogP contribution in [-0.4, -0.2) is 47.5 Å². The van der Waals surface area contributed by atoms with Gasteiger partial charge in [0, 0.05) is 50.7 Å². The van der Waals surface area contributed by atoms with Gasteiger partial charge in [0.05, 0.1) is 5.56 Å². The van der Waals surface area contributed by atoms with E-state index in [1.54, 1.807) is 0 Å². The summed E-state index contributed by atoms with van der Waals surface area (Å²) < 4.78 is 67.0. The molecule has 0 saturated carbocycles. The first kappa shape index (κ1) is 23.8. The van der Waals surface area contributed by atoms with E-state index in [1.165, 1.54) is 0 Å². The minimum Gasteiger partial charge on any atom is -0.325 e. The fourth-order valence-electron chi connectivity index (χ4n) is 4.43. The molecular weight excluding hydrogens is 417 g/mol. The Bertz CT molecular complexity index is 739. The predicted octanol–water partition coefficient (Wildman–Crippen LogP) is 5.37. The second-order valence-electron chi connectivity index (χ2n) is 8.66. The number of amides is 2. The molecule has 0 bridgehead atoms. The highest BCUT2D eigenvalue weighted by Crippen LogP contribution is 2.35. The molecular formula is C22H30F5N3O. The van der Waals surface area contributed by atoms with Crippen molar-refractivity contribution in [2.75, 3.05) is 19.6 Å². The third-order valence-electron chi connectivity index (χ3n) is 6.18. The molecule has 2 aliphatic rings. The Balaban J connectivity index is 1.69. The maximum absolute atomic E-state index is 13.7. The summed E-state index contributed by atoms with van der Waals surface area (Å²) in [6, 6.07) is 2.51. The van der Waals surface area contributed by atoms with Gasteiger partial charge in [-0.15, -0.1) is 0 Å². The molecule has 1 aromatic carbocycles. The smallest absolute Gasteiger partial charge is 0.325 e. The van der Waals surface area contributed by atoms with Gasteiger partial charge in [0.2, 0.25) is 0 Å². The molecule has 0 spiro atoms. The summed E-state index contributed by atoms with van der Waals surface area (Å²) in [6.45, 7) is 4.59. The molecule has 1 N–H and O–H groups in total. The first-order valence-electron chi connectivity index (χ1n) is 10.9. The molecule has 1 aromatic rings. The Morgan fingerprint density at radius 1 is 1.06 bits per heavy atom. The van der Waals surface area contributed by atoms with Gasteiger partial charge < -0.3 is 15.1 Å². The number of likely N-dealkylation sites (tertiary alicyclic amines) is 2. The molecule has 31 heavy (non-hydrogen) atoms. The first-order valence-corrected chi connectivity index (χ1v) is 10.9. The van der Waals surface area contributed by atoms with Crippen LogP contribution in [0.2, 0.25) is 0 Å². The minimum atomic E-state index is -4.70. The van der Waals surface area contributed by atoms with Crippen molar-refractivity contribution in [3.8, 4) is 0 Å². The second-order valence-corrected chi connectivity index (χ2v) is 8.66. The van der Waals surface area contributed by atoms with E-state index in [4.69, 9.17) is 0 Å². The van der Waals surface area contributed by atoms with E-state index in [0.29, 0.717) is 26.0 Å². The molecule has 0 radical (unpaired) electrons. The van der Waals surface area contributed by atoms with Crippen LogP contribution in [0.4, 0.5) is 26.7 Å². The molecule has 2 heterocycles. The number of nitrogens with one attached hydrogen (secondary N) is 1. The monoisotopic (exact) mass is 447 g/mol. The molecule has 3 rings (SSSR count). The number of urea groups is 1. The van der Waals surface area contributed by atoms with Crippen molar-refractivity contribution in [3.63, 3.8) is 0 Å². The normalized spacial score (nSPS) is 22.8. The zero-order chi connectivity index (χ0) is 22.8. The maximum Gasteiger partial charge on any atom is 0.416 e. The summed E-state index contributed by atoms with van der Waals surface area (Å²) >= 11 is 0. The number of hydrogen-bond acceptors (Lipinski definition) is 2. The lowest BCUT2D eigenvalue weighted by Gasteiger charge is -2.33. The van der Waals surface area contributed by atoms with E-state index in [-0.39, 0.29) is 30.2 Å². The summed E-state index contributed by atoms with van der Waals surface area (Å²) in [5, 5.41) is 3.18. The molecule has 2 aliphatic heterocycles. The van der Waals surface area contributed by atoms with E-state index in [0.717, 1.165) is 50.9 Å². The van der Waals surface area contributed by atoms with Crippen molar-refractivity contribution < 1.29 is 26.7 Å². The second kappa shape index (κ2) is 9.30. The van der Waals surface area contributed by atoms with Gasteiger partial charge in [0.15, 0.2) is 0 Å².